The van der Waals surface area contributed by atoms with E-state index in [1.54, 1.807) is 14.1 Å². The largest absolute Gasteiger partial charge is 0.435 e. The molecular formula is C14H19N3O2S. The average molecular weight is 293 g/mol. The van der Waals surface area contributed by atoms with E-state index in [1.165, 1.54) is 28.3 Å². The average Bonchev–Trinajstić information content (AvgIpc) is 2.48. The molecule has 1 aliphatic heterocycles. The van der Waals surface area contributed by atoms with Crippen molar-refractivity contribution in [3.05, 3.63) is 29.8 Å². The zero-order valence-electron chi connectivity index (χ0n) is 11.8. The predicted molar refractivity (Wildman–Crippen MR) is 83.7 cm³/mol. The van der Waals surface area contributed by atoms with Gasteiger partial charge in [-0.3, -0.25) is 4.84 Å². The van der Waals surface area contributed by atoms with Crippen molar-refractivity contribution in [2.75, 3.05) is 43.6 Å². The Labute approximate surface area is 123 Å². The highest BCUT2D eigenvalue weighted by atomic mass is 32.2. The van der Waals surface area contributed by atoms with Crippen molar-refractivity contribution in [1.29, 1.82) is 0 Å². The number of carbonyl (C=O) groups excluding carboxylic acids is 1. The van der Waals surface area contributed by atoms with Gasteiger partial charge in [0.1, 0.15) is 0 Å². The van der Waals surface area contributed by atoms with E-state index < -0.39 is 6.09 Å². The van der Waals surface area contributed by atoms with Gasteiger partial charge in [-0.2, -0.15) is 11.8 Å². The van der Waals surface area contributed by atoms with Gasteiger partial charge >= 0.3 is 6.09 Å². The first-order chi connectivity index (χ1) is 9.66. The van der Waals surface area contributed by atoms with Crippen molar-refractivity contribution >= 4 is 29.8 Å². The smallest absolute Gasteiger partial charge is 0.370 e. The van der Waals surface area contributed by atoms with Gasteiger partial charge in [0.15, 0.2) is 0 Å². The standard InChI is InChI=1S/C14H19N3O2S/c1-16(2)14(18)19-15-11-12-3-5-13(6-4-12)17-7-9-20-10-8-17/h3-6,11H,7-10H2,1-2H3. The van der Waals surface area contributed by atoms with Crippen LogP contribution in [0.1, 0.15) is 5.56 Å². The van der Waals surface area contributed by atoms with Crippen molar-refractivity contribution in [1.82, 2.24) is 4.90 Å². The molecule has 1 aromatic carbocycles. The second-order valence-corrected chi connectivity index (χ2v) is 5.90. The molecule has 2 rings (SSSR count). The summed E-state index contributed by atoms with van der Waals surface area (Å²) in [6, 6.07) is 8.10. The third kappa shape index (κ3) is 4.16. The van der Waals surface area contributed by atoms with Crippen LogP contribution < -0.4 is 4.90 Å². The number of hydrogen-bond donors (Lipinski definition) is 0. The Morgan fingerprint density at radius 3 is 2.55 bits per heavy atom. The van der Waals surface area contributed by atoms with E-state index in [0.717, 1.165) is 18.7 Å². The number of benzene rings is 1. The van der Waals surface area contributed by atoms with Gasteiger partial charge in [0.05, 0.1) is 6.21 Å². The minimum atomic E-state index is -0.483. The van der Waals surface area contributed by atoms with E-state index in [4.69, 9.17) is 4.84 Å². The molecule has 0 radical (unpaired) electrons. The molecule has 0 atom stereocenters. The maximum absolute atomic E-state index is 11.2. The molecule has 6 heteroatoms. The summed E-state index contributed by atoms with van der Waals surface area (Å²) in [5.41, 5.74) is 2.14. The second kappa shape index (κ2) is 7.19. The molecule has 1 aliphatic rings. The molecule has 0 N–H and O–H groups in total. The fraction of sp³-hybridized carbons (Fsp3) is 0.429. The molecule has 1 amide bonds. The van der Waals surface area contributed by atoms with Gasteiger partial charge in [-0.1, -0.05) is 17.3 Å². The molecule has 0 bridgehead atoms. The number of anilines is 1. The third-order valence-corrected chi connectivity index (χ3v) is 3.91. The van der Waals surface area contributed by atoms with E-state index in [0.29, 0.717) is 0 Å². The van der Waals surface area contributed by atoms with Crippen molar-refractivity contribution in [3.8, 4) is 0 Å². The van der Waals surface area contributed by atoms with Crippen molar-refractivity contribution in [2.45, 2.75) is 0 Å². The Kier molecular flexibility index (Phi) is 5.29. The van der Waals surface area contributed by atoms with Gasteiger partial charge in [0.2, 0.25) is 0 Å². The van der Waals surface area contributed by atoms with Crippen molar-refractivity contribution in [2.24, 2.45) is 5.16 Å². The highest BCUT2D eigenvalue weighted by Crippen LogP contribution is 2.19. The van der Waals surface area contributed by atoms with Gasteiger partial charge in [-0.05, 0) is 17.7 Å². The van der Waals surface area contributed by atoms with Crippen molar-refractivity contribution < 1.29 is 9.63 Å². The molecule has 0 aliphatic carbocycles. The monoisotopic (exact) mass is 293 g/mol. The summed E-state index contributed by atoms with van der Waals surface area (Å²) < 4.78 is 0. The second-order valence-electron chi connectivity index (χ2n) is 4.68. The van der Waals surface area contributed by atoms with Crippen LogP contribution in [0.2, 0.25) is 0 Å². The Morgan fingerprint density at radius 1 is 1.30 bits per heavy atom. The summed E-state index contributed by atoms with van der Waals surface area (Å²) in [4.78, 5) is 19.6. The van der Waals surface area contributed by atoms with Gasteiger partial charge < -0.3 is 9.80 Å². The molecule has 1 saturated heterocycles. The van der Waals surface area contributed by atoms with E-state index in [-0.39, 0.29) is 0 Å². The van der Waals surface area contributed by atoms with Crippen LogP contribution in [-0.4, -0.2) is 55.9 Å². The Balaban J connectivity index is 1.91. The molecule has 0 aromatic heterocycles. The first-order valence-electron chi connectivity index (χ1n) is 6.51. The molecule has 108 valence electrons. The zero-order chi connectivity index (χ0) is 14.4. The fourth-order valence-electron chi connectivity index (χ4n) is 1.81. The number of thioether (sulfide) groups is 1. The van der Waals surface area contributed by atoms with Gasteiger partial charge in [0.25, 0.3) is 0 Å². The Hall–Kier alpha value is -1.69. The molecule has 1 aromatic rings. The maximum atomic E-state index is 11.2. The zero-order valence-corrected chi connectivity index (χ0v) is 12.6. The lowest BCUT2D eigenvalue weighted by molar-refractivity contribution is 0.123. The van der Waals surface area contributed by atoms with Gasteiger partial charge in [0, 0.05) is 44.4 Å². The Bertz CT molecular complexity index is 468. The summed E-state index contributed by atoms with van der Waals surface area (Å²) in [7, 11) is 3.23. The molecule has 1 fully saturated rings. The number of oxime groups is 1. The summed E-state index contributed by atoms with van der Waals surface area (Å²) in [6.45, 7) is 2.19. The Morgan fingerprint density at radius 2 is 1.95 bits per heavy atom. The topological polar surface area (TPSA) is 45.1 Å². The SMILES string of the molecule is CN(C)C(=O)ON=Cc1ccc(N2CCSCC2)cc1. The number of hydrogen-bond acceptors (Lipinski definition) is 5. The van der Waals surface area contributed by atoms with Gasteiger partial charge in [-0.25, -0.2) is 4.79 Å². The van der Waals surface area contributed by atoms with Crippen LogP contribution in [0.25, 0.3) is 0 Å². The molecule has 0 spiro atoms. The van der Waals surface area contributed by atoms with Crippen LogP contribution in [0.3, 0.4) is 0 Å². The summed E-state index contributed by atoms with van der Waals surface area (Å²) in [5, 5.41) is 3.67. The summed E-state index contributed by atoms with van der Waals surface area (Å²) in [5.74, 6) is 2.37. The van der Waals surface area contributed by atoms with Crippen LogP contribution in [0.4, 0.5) is 10.5 Å². The predicted octanol–water partition coefficient (Wildman–Crippen LogP) is 2.27. The van der Waals surface area contributed by atoms with Crippen LogP contribution in [-0.2, 0) is 4.84 Å². The molecular weight excluding hydrogens is 274 g/mol. The van der Waals surface area contributed by atoms with E-state index in [9.17, 15) is 4.79 Å². The van der Waals surface area contributed by atoms with E-state index in [1.807, 2.05) is 23.9 Å². The fourth-order valence-corrected chi connectivity index (χ4v) is 2.71. The lowest BCUT2D eigenvalue weighted by Gasteiger charge is -2.28. The molecule has 5 nitrogen and oxygen atoms in total. The van der Waals surface area contributed by atoms with E-state index >= 15 is 0 Å². The minimum Gasteiger partial charge on any atom is -0.370 e. The highest BCUT2D eigenvalue weighted by Gasteiger charge is 2.10. The van der Waals surface area contributed by atoms with Crippen LogP contribution >= 0.6 is 11.8 Å². The number of amides is 1. The van der Waals surface area contributed by atoms with Crippen LogP contribution in [0.5, 0.6) is 0 Å². The minimum absolute atomic E-state index is 0.483. The molecule has 0 unspecified atom stereocenters. The normalized spacial score (nSPS) is 15.4. The quantitative estimate of drug-likeness (QED) is 0.487. The maximum Gasteiger partial charge on any atom is 0.435 e. The summed E-state index contributed by atoms with van der Waals surface area (Å²) >= 11 is 2.00. The number of carbonyl (C=O) groups is 1. The third-order valence-electron chi connectivity index (χ3n) is 2.97. The lowest BCUT2D eigenvalue weighted by Crippen LogP contribution is -2.32. The van der Waals surface area contributed by atoms with Crippen molar-refractivity contribution in [3.63, 3.8) is 0 Å². The lowest BCUT2D eigenvalue weighted by atomic mass is 10.2. The number of nitrogens with zero attached hydrogens (tertiary/aromatic N) is 3. The first kappa shape index (κ1) is 14.7. The number of rotatable bonds is 3. The van der Waals surface area contributed by atoms with E-state index in [2.05, 4.69) is 22.2 Å². The van der Waals surface area contributed by atoms with Crippen LogP contribution in [0, 0.1) is 0 Å². The molecule has 1 heterocycles. The van der Waals surface area contributed by atoms with Gasteiger partial charge in [-0.15, -0.1) is 0 Å². The highest BCUT2D eigenvalue weighted by molar-refractivity contribution is 7.99. The molecule has 0 saturated carbocycles. The first-order valence-corrected chi connectivity index (χ1v) is 7.67. The summed E-state index contributed by atoms with van der Waals surface area (Å²) in [6.07, 6.45) is 1.06. The van der Waals surface area contributed by atoms with Crippen LogP contribution in [0.15, 0.2) is 29.4 Å². The molecule has 20 heavy (non-hydrogen) atoms.